The molecule has 0 spiro atoms. The maximum Gasteiger partial charge on any atom is 0.192 e. The number of methoxy groups -OCH3 is 1. The highest BCUT2D eigenvalue weighted by atomic mass is 16.6. The lowest BCUT2D eigenvalue weighted by Gasteiger charge is -2.24. The molecule has 0 radical (unpaired) electrons. The predicted molar refractivity (Wildman–Crippen MR) is 68.6 cm³/mol. The number of hydrogen-bond acceptors (Lipinski definition) is 3. The van der Waals surface area contributed by atoms with E-state index in [1.807, 2.05) is 31.2 Å². The monoisotopic (exact) mass is 234 g/mol. The van der Waals surface area contributed by atoms with Crippen LogP contribution in [0.4, 0.5) is 0 Å². The van der Waals surface area contributed by atoms with Crippen LogP contribution in [0.25, 0.3) is 6.08 Å². The van der Waals surface area contributed by atoms with Crippen molar-refractivity contribution in [2.24, 2.45) is 0 Å². The molecule has 3 nitrogen and oxygen atoms in total. The molecule has 1 atom stereocenters. The van der Waals surface area contributed by atoms with Crippen LogP contribution < -0.4 is 0 Å². The quantitative estimate of drug-likeness (QED) is 0.478. The van der Waals surface area contributed by atoms with Gasteiger partial charge in [-0.3, -0.25) is 0 Å². The van der Waals surface area contributed by atoms with E-state index in [0.717, 1.165) is 11.1 Å². The van der Waals surface area contributed by atoms with Crippen LogP contribution in [0.1, 0.15) is 18.1 Å². The molecule has 1 aromatic rings. The molecular weight excluding hydrogens is 216 g/mol. The Morgan fingerprint density at radius 1 is 1.35 bits per heavy atom. The molecule has 0 heterocycles. The highest BCUT2D eigenvalue weighted by Gasteiger charge is 2.27. The Kier molecular flexibility index (Phi) is 4.10. The lowest BCUT2D eigenvalue weighted by molar-refractivity contribution is -0.139. The van der Waals surface area contributed by atoms with E-state index < -0.39 is 5.79 Å². The third-order valence-electron chi connectivity index (χ3n) is 2.60. The second kappa shape index (κ2) is 5.17. The summed E-state index contributed by atoms with van der Waals surface area (Å²) in [6.45, 7) is 6.87. The van der Waals surface area contributed by atoms with Gasteiger partial charge >= 0.3 is 0 Å². The Hall–Kier alpha value is -1.58. The Morgan fingerprint density at radius 2 is 1.88 bits per heavy atom. The first kappa shape index (κ1) is 13.5. The highest BCUT2D eigenvalue weighted by Crippen LogP contribution is 2.25. The molecule has 0 aliphatic heterocycles. The van der Waals surface area contributed by atoms with E-state index in [9.17, 15) is 10.2 Å². The van der Waals surface area contributed by atoms with Crippen molar-refractivity contribution in [1.82, 2.24) is 0 Å². The number of aliphatic hydroxyl groups excluding tert-OH is 1. The van der Waals surface area contributed by atoms with Gasteiger partial charge in [-0.2, -0.15) is 0 Å². The molecular formula is C14H18O3. The van der Waals surface area contributed by atoms with E-state index in [1.54, 1.807) is 6.08 Å². The minimum absolute atomic E-state index is 0.211. The summed E-state index contributed by atoms with van der Waals surface area (Å²) < 4.78 is 4.92. The predicted octanol–water partition coefficient (Wildman–Crippen LogP) is 2.81. The van der Waals surface area contributed by atoms with Gasteiger partial charge in [0, 0.05) is 7.11 Å². The van der Waals surface area contributed by atoms with Gasteiger partial charge in [0.2, 0.25) is 0 Å². The molecule has 0 fully saturated rings. The van der Waals surface area contributed by atoms with E-state index in [4.69, 9.17) is 4.74 Å². The Bertz CT molecular complexity index is 427. The zero-order valence-electron chi connectivity index (χ0n) is 10.4. The first-order valence-corrected chi connectivity index (χ1v) is 5.31. The van der Waals surface area contributed by atoms with Crippen molar-refractivity contribution in [3.63, 3.8) is 0 Å². The minimum atomic E-state index is -1.56. The summed E-state index contributed by atoms with van der Waals surface area (Å²) in [5.74, 6) is -1.77. The van der Waals surface area contributed by atoms with E-state index >= 15 is 0 Å². The van der Waals surface area contributed by atoms with E-state index in [2.05, 4.69) is 6.58 Å². The van der Waals surface area contributed by atoms with Crippen LogP contribution in [0, 0.1) is 6.92 Å². The first-order valence-electron chi connectivity index (χ1n) is 5.31. The van der Waals surface area contributed by atoms with Crippen LogP contribution in [0.2, 0.25) is 0 Å². The lowest BCUT2D eigenvalue weighted by Crippen LogP contribution is -2.30. The Morgan fingerprint density at radius 3 is 2.29 bits per heavy atom. The summed E-state index contributed by atoms with van der Waals surface area (Å²) in [6.07, 6.45) is 1.64. The summed E-state index contributed by atoms with van der Waals surface area (Å²) >= 11 is 0. The normalized spacial score (nSPS) is 15.4. The molecule has 0 saturated heterocycles. The fourth-order valence-corrected chi connectivity index (χ4v) is 1.42. The molecule has 2 N–H and O–H groups in total. The number of ether oxygens (including phenoxy) is 1. The fourth-order valence-electron chi connectivity index (χ4n) is 1.42. The zero-order valence-corrected chi connectivity index (χ0v) is 10.4. The molecule has 0 amide bonds. The van der Waals surface area contributed by atoms with Gasteiger partial charge in [-0.15, -0.1) is 0 Å². The Labute approximate surface area is 102 Å². The number of aliphatic hydroxyl groups is 2. The van der Waals surface area contributed by atoms with Crippen molar-refractivity contribution >= 4 is 6.08 Å². The maximum absolute atomic E-state index is 9.96. The maximum atomic E-state index is 9.96. The average molecular weight is 234 g/mol. The zero-order chi connectivity index (χ0) is 13.1. The van der Waals surface area contributed by atoms with E-state index in [1.165, 1.54) is 14.0 Å². The average Bonchev–Trinajstić information content (AvgIpc) is 2.27. The standard InChI is InChI=1S/C14H18O3/c1-10-5-7-12(8-6-10)9-13(11(2)15)14(3,16)17-4/h5-9,15-16H,2H2,1,3-4H3/b13-9-. The minimum Gasteiger partial charge on any atom is -0.508 e. The summed E-state index contributed by atoms with van der Waals surface area (Å²) in [7, 11) is 1.37. The molecule has 92 valence electrons. The SMILES string of the molecule is C=C(O)/C(=C/c1ccc(C)cc1)C(C)(O)OC. The van der Waals surface area contributed by atoms with Gasteiger partial charge in [0.05, 0.1) is 5.57 Å². The van der Waals surface area contributed by atoms with E-state index in [0.29, 0.717) is 0 Å². The first-order chi connectivity index (χ1) is 7.86. The molecule has 1 unspecified atom stereocenters. The number of aryl methyl sites for hydroxylation is 1. The van der Waals surface area contributed by atoms with Crippen LogP contribution >= 0.6 is 0 Å². The number of benzene rings is 1. The molecule has 0 bridgehead atoms. The van der Waals surface area contributed by atoms with Gasteiger partial charge in [0.1, 0.15) is 5.76 Å². The van der Waals surface area contributed by atoms with Crippen LogP contribution in [-0.4, -0.2) is 23.1 Å². The molecule has 3 heteroatoms. The van der Waals surface area contributed by atoms with Crippen molar-refractivity contribution in [1.29, 1.82) is 0 Å². The summed E-state index contributed by atoms with van der Waals surface area (Å²) in [5, 5.41) is 19.4. The van der Waals surface area contributed by atoms with Crippen LogP contribution in [-0.2, 0) is 4.74 Å². The number of rotatable bonds is 4. The van der Waals surface area contributed by atoms with Crippen LogP contribution in [0.5, 0.6) is 0 Å². The van der Waals surface area contributed by atoms with Gasteiger partial charge in [-0.05, 0) is 25.5 Å². The molecule has 1 rings (SSSR count). The topological polar surface area (TPSA) is 49.7 Å². The molecule has 0 aromatic heterocycles. The number of hydrogen-bond donors (Lipinski definition) is 2. The van der Waals surface area contributed by atoms with E-state index in [-0.39, 0.29) is 11.3 Å². The van der Waals surface area contributed by atoms with Crippen molar-refractivity contribution in [2.75, 3.05) is 7.11 Å². The van der Waals surface area contributed by atoms with Gasteiger partial charge in [0.15, 0.2) is 5.79 Å². The molecule has 17 heavy (non-hydrogen) atoms. The molecule has 0 aliphatic rings. The molecule has 1 aromatic carbocycles. The Balaban J connectivity index is 3.15. The summed E-state index contributed by atoms with van der Waals surface area (Å²) in [4.78, 5) is 0. The lowest BCUT2D eigenvalue weighted by atomic mass is 10.0. The molecule has 0 aliphatic carbocycles. The largest absolute Gasteiger partial charge is 0.508 e. The third-order valence-corrected chi connectivity index (χ3v) is 2.60. The summed E-state index contributed by atoms with van der Waals surface area (Å²) in [5.41, 5.74) is 2.24. The van der Waals surface area contributed by atoms with Crippen molar-refractivity contribution in [3.8, 4) is 0 Å². The smallest absolute Gasteiger partial charge is 0.192 e. The third kappa shape index (κ3) is 3.44. The van der Waals surface area contributed by atoms with Gasteiger partial charge in [-0.25, -0.2) is 0 Å². The van der Waals surface area contributed by atoms with Crippen molar-refractivity contribution in [3.05, 3.63) is 53.3 Å². The van der Waals surface area contributed by atoms with Gasteiger partial charge in [0.25, 0.3) is 0 Å². The van der Waals surface area contributed by atoms with Crippen molar-refractivity contribution < 1.29 is 14.9 Å². The molecule has 0 saturated carbocycles. The second-order valence-electron chi connectivity index (χ2n) is 4.10. The highest BCUT2D eigenvalue weighted by molar-refractivity contribution is 5.59. The van der Waals surface area contributed by atoms with Gasteiger partial charge < -0.3 is 14.9 Å². The summed E-state index contributed by atoms with van der Waals surface area (Å²) in [6, 6.07) is 7.68. The van der Waals surface area contributed by atoms with Gasteiger partial charge in [-0.1, -0.05) is 36.4 Å². The van der Waals surface area contributed by atoms with Crippen LogP contribution in [0.15, 0.2) is 42.2 Å². The van der Waals surface area contributed by atoms with Crippen LogP contribution in [0.3, 0.4) is 0 Å². The fraction of sp³-hybridized carbons (Fsp3) is 0.286. The second-order valence-corrected chi connectivity index (χ2v) is 4.10. The van der Waals surface area contributed by atoms with Crippen molar-refractivity contribution in [2.45, 2.75) is 19.6 Å².